The van der Waals surface area contributed by atoms with Crippen LogP contribution in [-0.4, -0.2) is 30.9 Å². The lowest BCUT2D eigenvalue weighted by Gasteiger charge is -2.25. The number of benzene rings is 2. The molecule has 0 saturated heterocycles. The quantitative estimate of drug-likeness (QED) is 0.320. The Bertz CT molecular complexity index is 1650. The van der Waals surface area contributed by atoms with Gasteiger partial charge in [0.15, 0.2) is 4.73 Å². The van der Waals surface area contributed by atoms with Crippen LogP contribution in [0.3, 0.4) is 0 Å². The Hall–Kier alpha value is -2.27. The number of fused-ring (bicyclic) bond motifs is 3. The molecule has 1 spiro atoms. The van der Waals surface area contributed by atoms with Gasteiger partial charge in [0.05, 0.1) is 37.5 Å². The molecule has 2 aliphatic rings. The standard InChI is InChI=1S/C27H29BrN4O3S2/c1-26(2,3)36(33)30-24(23-21-13-14-27(15-16-27)31(21)25(28)29-23)22-17-18-9-7-8-12-20(18)32(22)37(34,35)19-10-5-4-6-11-19/h4-12,17,24,30H,13-16H2,1-3H3/t24-,36+/m1/s1. The van der Waals surface area contributed by atoms with Crippen molar-refractivity contribution in [3.8, 4) is 0 Å². The van der Waals surface area contributed by atoms with E-state index in [2.05, 4.69) is 25.2 Å². The predicted molar refractivity (Wildman–Crippen MR) is 149 cm³/mol. The van der Waals surface area contributed by atoms with Crippen LogP contribution < -0.4 is 4.72 Å². The number of aromatic nitrogens is 3. The van der Waals surface area contributed by atoms with Gasteiger partial charge in [-0.15, -0.1) is 0 Å². The molecule has 1 fully saturated rings. The van der Waals surface area contributed by atoms with E-state index in [1.807, 2.05) is 51.1 Å². The predicted octanol–water partition coefficient (Wildman–Crippen LogP) is 5.41. The average molecular weight is 602 g/mol. The lowest BCUT2D eigenvalue weighted by molar-refractivity contribution is 0.498. The molecule has 194 valence electrons. The van der Waals surface area contributed by atoms with E-state index in [1.54, 1.807) is 30.3 Å². The number of nitrogens with one attached hydrogen (secondary N) is 1. The first-order chi connectivity index (χ1) is 17.5. The van der Waals surface area contributed by atoms with Crippen LogP contribution >= 0.6 is 15.9 Å². The van der Waals surface area contributed by atoms with E-state index in [4.69, 9.17) is 4.98 Å². The SMILES string of the molecule is CC(C)(C)[S@](=O)N[C@@H](c1nc(Br)n2c1CCC21CC1)c1cc2ccccc2n1S(=O)(=O)c1ccccc1. The summed E-state index contributed by atoms with van der Waals surface area (Å²) in [5, 5.41) is 0.791. The summed E-state index contributed by atoms with van der Waals surface area (Å²) in [6.45, 7) is 5.70. The van der Waals surface area contributed by atoms with Gasteiger partial charge in [-0.1, -0.05) is 36.4 Å². The van der Waals surface area contributed by atoms with E-state index >= 15 is 0 Å². The number of imidazole rings is 1. The van der Waals surface area contributed by atoms with Crippen LogP contribution in [0, 0.1) is 0 Å². The molecule has 1 aliphatic heterocycles. The minimum Gasteiger partial charge on any atom is -0.316 e. The van der Waals surface area contributed by atoms with Crippen LogP contribution in [0.25, 0.3) is 10.9 Å². The molecule has 6 rings (SSSR count). The summed E-state index contributed by atoms with van der Waals surface area (Å²) in [6.07, 6.45) is 4.11. The zero-order valence-electron chi connectivity index (χ0n) is 20.9. The summed E-state index contributed by atoms with van der Waals surface area (Å²) in [5.41, 5.74) is 2.97. The fourth-order valence-corrected chi connectivity index (χ4v) is 8.49. The fraction of sp³-hybridized carbons (Fsp3) is 0.370. The molecule has 0 amide bonds. The van der Waals surface area contributed by atoms with Gasteiger partial charge >= 0.3 is 0 Å². The van der Waals surface area contributed by atoms with Crippen molar-refractivity contribution < 1.29 is 12.6 Å². The highest BCUT2D eigenvalue weighted by molar-refractivity contribution is 9.10. The normalized spacial score (nSPS) is 18.3. The van der Waals surface area contributed by atoms with Gasteiger partial charge in [0.1, 0.15) is 6.04 Å². The van der Waals surface area contributed by atoms with Crippen LogP contribution in [0.5, 0.6) is 0 Å². The molecule has 1 saturated carbocycles. The zero-order chi connectivity index (χ0) is 26.2. The van der Waals surface area contributed by atoms with E-state index < -0.39 is 31.8 Å². The van der Waals surface area contributed by atoms with Gasteiger partial charge in [0, 0.05) is 16.6 Å². The van der Waals surface area contributed by atoms with Crippen LogP contribution in [0.4, 0.5) is 0 Å². The second kappa shape index (κ2) is 8.62. The van der Waals surface area contributed by atoms with Crippen LogP contribution in [0.1, 0.15) is 63.2 Å². The summed E-state index contributed by atoms with van der Waals surface area (Å²) >= 11 is 3.68. The summed E-state index contributed by atoms with van der Waals surface area (Å²) in [6, 6.07) is 17.1. The number of nitrogens with zero attached hydrogens (tertiary/aromatic N) is 3. The third kappa shape index (κ3) is 4.04. The third-order valence-electron chi connectivity index (χ3n) is 7.42. The monoisotopic (exact) mass is 600 g/mol. The van der Waals surface area contributed by atoms with Crippen LogP contribution in [0.2, 0.25) is 0 Å². The molecule has 4 aromatic rings. The summed E-state index contributed by atoms with van der Waals surface area (Å²) in [4.78, 5) is 5.12. The molecule has 2 aromatic carbocycles. The zero-order valence-corrected chi connectivity index (χ0v) is 24.2. The Labute approximate surface area is 228 Å². The molecule has 2 aromatic heterocycles. The highest BCUT2D eigenvalue weighted by atomic mass is 79.9. The first-order valence-corrected chi connectivity index (χ1v) is 15.8. The average Bonchev–Trinajstić information content (AvgIpc) is 3.22. The maximum absolute atomic E-state index is 14.1. The van der Waals surface area contributed by atoms with E-state index in [0.717, 1.165) is 47.2 Å². The summed E-state index contributed by atoms with van der Waals surface area (Å²) < 4.78 is 48.9. The molecular formula is C27H29BrN4O3S2. The van der Waals surface area contributed by atoms with Gasteiger partial charge in [0.25, 0.3) is 10.0 Å². The van der Waals surface area contributed by atoms with Crippen molar-refractivity contribution in [3.05, 3.63) is 82.5 Å². The van der Waals surface area contributed by atoms with Crippen molar-refractivity contribution >= 4 is 47.8 Å². The number of para-hydroxylation sites is 1. The highest BCUT2D eigenvalue weighted by Crippen LogP contribution is 2.54. The number of halogens is 1. The largest absolute Gasteiger partial charge is 0.316 e. The molecule has 0 radical (unpaired) electrons. The molecule has 3 heterocycles. The van der Waals surface area contributed by atoms with Crippen molar-refractivity contribution in [2.45, 2.75) is 67.7 Å². The molecule has 1 aliphatic carbocycles. The minimum atomic E-state index is -3.96. The van der Waals surface area contributed by atoms with Gasteiger partial charge < -0.3 is 4.57 Å². The molecule has 37 heavy (non-hydrogen) atoms. The Kier molecular flexibility index (Phi) is 5.83. The van der Waals surface area contributed by atoms with E-state index in [-0.39, 0.29) is 10.4 Å². The van der Waals surface area contributed by atoms with E-state index in [9.17, 15) is 12.6 Å². The van der Waals surface area contributed by atoms with Crippen molar-refractivity contribution in [1.29, 1.82) is 0 Å². The first-order valence-electron chi connectivity index (χ1n) is 12.4. The topological polar surface area (TPSA) is 86.0 Å². The molecule has 10 heteroatoms. The minimum absolute atomic E-state index is 0.107. The smallest absolute Gasteiger partial charge is 0.268 e. The Balaban J connectivity index is 1.61. The van der Waals surface area contributed by atoms with Gasteiger partial charge in [-0.05, 0) is 86.6 Å². The molecular weight excluding hydrogens is 572 g/mol. The number of hydrogen-bond acceptors (Lipinski definition) is 4. The maximum Gasteiger partial charge on any atom is 0.268 e. The lowest BCUT2D eigenvalue weighted by Crippen LogP contribution is -2.37. The Morgan fingerprint density at radius 2 is 1.73 bits per heavy atom. The summed E-state index contributed by atoms with van der Waals surface area (Å²) in [5.74, 6) is 0. The second-order valence-electron chi connectivity index (χ2n) is 10.9. The lowest BCUT2D eigenvalue weighted by atomic mass is 10.1. The molecule has 0 unspecified atom stereocenters. The van der Waals surface area contributed by atoms with Crippen molar-refractivity contribution in [2.24, 2.45) is 0 Å². The van der Waals surface area contributed by atoms with Crippen LogP contribution in [0.15, 0.2) is 70.3 Å². The van der Waals surface area contributed by atoms with Crippen molar-refractivity contribution in [3.63, 3.8) is 0 Å². The number of hydrogen-bond donors (Lipinski definition) is 1. The highest BCUT2D eigenvalue weighted by Gasteiger charge is 2.51. The van der Waals surface area contributed by atoms with E-state index in [0.29, 0.717) is 11.2 Å². The number of rotatable bonds is 6. The van der Waals surface area contributed by atoms with E-state index in [1.165, 1.54) is 3.97 Å². The third-order valence-corrected chi connectivity index (χ3v) is 11.3. The molecule has 7 nitrogen and oxygen atoms in total. The Morgan fingerprint density at radius 3 is 2.41 bits per heavy atom. The molecule has 1 N–H and O–H groups in total. The first kappa shape index (κ1) is 25.0. The van der Waals surface area contributed by atoms with Gasteiger partial charge in [0.2, 0.25) is 0 Å². The van der Waals surface area contributed by atoms with Crippen molar-refractivity contribution in [2.75, 3.05) is 0 Å². The van der Waals surface area contributed by atoms with Gasteiger partial charge in [-0.2, -0.15) is 0 Å². The van der Waals surface area contributed by atoms with Crippen LogP contribution in [-0.2, 0) is 33.0 Å². The Morgan fingerprint density at radius 1 is 1.05 bits per heavy atom. The van der Waals surface area contributed by atoms with Gasteiger partial charge in [-0.3, -0.25) is 0 Å². The van der Waals surface area contributed by atoms with Crippen molar-refractivity contribution in [1.82, 2.24) is 18.2 Å². The van der Waals surface area contributed by atoms with Gasteiger partial charge in [-0.25, -0.2) is 26.3 Å². The fourth-order valence-electron chi connectivity index (χ4n) is 5.33. The summed E-state index contributed by atoms with van der Waals surface area (Å²) in [7, 11) is -5.45. The second-order valence-corrected chi connectivity index (χ2v) is 15.4. The molecule has 2 atom stereocenters. The maximum atomic E-state index is 14.1. The molecule has 0 bridgehead atoms.